The second kappa shape index (κ2) is 5.06. The maximum atomic E-state index is 2.34. The van der Waals surface area contributed by atoms with E-state index in [-0.39, 0.29) is 0 Å². The Kier molecular flexibility index (Phi) is 4.01. The van der Waals surface area contributed by atoms with Crippen LogP contribution in [0, 0.1) is 12.3 Å². The second-order valence-corrected chi connectivity index (χ2v) is 3.86. The summed E-state index contributed by atoms with van der Waals surface area (Å²) < 4.78 is 0. The number of aryl methyl sites for hydroxylation is 1. The lowest BCUT2D eigenvalue weighted by Crippen LogP contribution is -1.96. The molecule has 1 aromatic carbocycles. The monoisotopic (exact) mass is 175 g/mol. The fraction of sp³-hybridized carbons (Fsp3) is 0.462. The normalized spacial score (nSPS) is 10.8. The largest absolute Gasteiger partial charge is 0.0651 e. The van der Waals surface area contributed by atoms with Gasteiger partial charge in [-0.3, -0.25) is 0 Å². The topological polar surface area (TPSA) is 0 Å². The zero-order chi connectivity index (χ0) is 9.68. The molecule has 1 aromatic rings. The Labute approximate surface area is 82.0 Å². The van der Waals surface area contributed by atoms with Gasteiger partial charge >= 0.3 is 0 Å². The van der Waals surface area contributed by atoms with Crippen molar-refractivity contribution in [1.82, 2.24) is 0 Å². The van der Waals surface area contributed by atoms with Gasteiger partial charge in [0.1, 0.15) is 0 Å². The van der Waals surface area contributed by atoms with Crippen LogP contribution in [0.4, 0.5) is 0 Å². The molecular formula is C13H19. The molecule has 0 heterocycles. The van der Waals surface area contributed by atoms with Crippen molar-refractivity contribution in [2.24, 2.45) is 5.92 Å². The molecule has 0 unspecified atom stereocenters. The first kappa shape index (κ1) is 10.3. The molecule has 0 amide bonds. The first-order valence-corrected chi connectivity index (χ1v) is 5.16. The van der Waals surface area contributed by atoms with Gasteiger partial charge in [-0.2, -0.15) is 0 Å². The van der Waals surface area contributed by atoms with Gasteiger partial charge < -0.3 is 0 Å². The maximum absolute atomic E-state index is 2.34. The van der Waals surface area contributed by atoms with Crippen molar-refractivity contribution < 1.29 is 0 Å². The lowest BCUT2D eigenvalue weighted by atomic mass is 9.96. The van der Waals surface area contributed by atoms with Gasteiger partial charge in [-0.15, -0.1) is 0 Å². The average molecular weight is 175 g/mol. The van der Waals surface area contributed by atoms with Gasteiger partial charge in [0.15, 0.2) is 0 Å². The summed E-state index contributed by atoms with van der Waals surface area (Å²) in [5.41, 5.74) is 2.90. The van der Waals surface area contributed by atoms with E-state index in [9.17, 15) is 0 Å². The highest BCUT2D eigenvalue weighted by atomic mass is 14.1. The molecule has 0 aliphatic rings. The van der Waals surface area contributed by atoms with E-state index in [1.165, 1.54) is 24.0 Å². The van der Waals surface area contributed by atoms with Gasteiger partial charge in [0.05, 0.1) is 0 Å². The summed E-state index contributed by atoms with van der Waals surface area (Å²) in [4.78, 5) is 0. The first-order chi connectivity index (χ1) is 6.24. The maximum Gasteiger partial charge on any atom is -0.00647 e. The molecule has 71 valence electrons. The average Bonchev–Trinajstić information content (AvgIpc) is 2.08. The van der Waals surface area contributed by atoms with Crippen LogP contribution in [-0.4, -0.2) is 0 Å². The minimum Gasteiger partial charge on any atom is -0.0651 e. The highest BCUT2D eigenvalue weighted by molar-refractivity contribution is 5.33. The third kappa shape index (κ3) is 3.22. The van der Waals surface area contributed by atoms with Crippen LogP contribution in [0.2, 0.25) is 0 Å². The van der Waals surface area contributed by atoms with E-state index in [4.69, 9.17) is 0 Å². The second-order valence-electron chi connectivity index (χ2n) is 3.86. The van der Waals surface area contributed by atoms with E-state index in [0.29, 0.717) is 5.92 Å². The molecule has 0 fully saturated rings. The minimum absolute atomic E-state index is 0.637. The molecule has 0 N–H and O–H groups in total. The smallest absolute Gasteiger partial charge is 0.00647 e. The molecule has 0 spiro atoms. The Balaban J connectivity index is 2.78. The van der Waals surface area contributed by atoms with E-state index in [1.807, 2.05) is 0 Å². The molecule has 0 saturated heterocycles. The number of rotatable bonds is 4. The minimum atomic E-state index is 0.637. The fourth-order valence-electron chi connectivity index (χ4n) is 1.55. The van der Waals surface area contributed by atoms with E-state index < -0.39 is 0 Å². The van der Waals surface area contributed by atoms with Gasteiger partial charge in [0.25, 0.3) is 0 Å². The molecule has 0 aliphatic heterocycles. The van der Waals surface area contributed by atoms with Crippen LogP contribution in [0.3, 0.4) is 0 Å². The lowest BCUT2D eigenvalue weighted by Gasteiger charge is -2.09. The summed E-state index contributed by atoms with van der Waals surface area (Å²) in [5.74, 6) is 0.637. The third-order valence-corrected chi connectivity index (χ3v) is 2.09. The van der Waals surface area contributed by atoms with E-state index >= 15 is 0 Å². The summed E-state index contributed by atoms with van der Waals surface area (Å²) in [6.07, 6.45) is 4.76. The van der Waals surface area contributed by atoms with E-state index in [2.05, 4.69) is 51.5 Å². The Morgan fingerprint density at radius 3 is 2.54 bits per heavy atom. The standard InChI is InChI=1S/C13H19/c1-4-7-12-8-5-6-9-13(12)10-11(2)3/h5-6,8-11H,4,7H2,1-3H3. The van der Waals surface area contributed by atoms with Crippen molar-refractivity contribution in [1.29, 1.82) is 0 Å². The number of benzene rings is 1. The summed E-state index contributed by atoms with van der Waals surface area (Å²) in [6.45, 7) is 6.68. The molecule has 0 saturated carbocycles. The Morgan fingerprint density at radius 2 is 1.92 bits per heavy atom. The van der Waals surface area contributed by atoms with Crippen LogP contribution in [0.15, 0.2) is 24.3 Å². The van der Waals surface area contributed by atoms with Crippen molar-refractivity contribution in [2.45, 2.75) is 33.6 Å². The molecule has 0 nitrogen and oxygen atoms in total. The molecule has 13 heavy (non-hydrogen) atoms. The SMILES string of the molecule is CCCc1ccccc1[CH]C(C)C. The van der Waals surface area contributed by atoms with Crippen molar-refractivity contribution in [2.75, 3.05) is 0 Å². The Bertz CT molecular complexity index is 248. The molecular weight excluding hydrogens is 156 g/mol. The van der Waals surface area contributed by atoms with E-state index in [0.717, 1.165) is 0 Å². The van der Waals surface area contributed by atoms with Crippen LogP contribution < -0.4 is 0 Å². The van der Waals surface area contributed by atoms with Crippen LogP contribution in [-0.2, 0) is 6.42 Å². The van der Waals surface area contributed by atoms with Crippen molar-refractivity contribution in [3.05, 3.63) is 41.8 Å². The van der Waals surface area contributed by atoms with Crippen LogP contribution in [0.5, 0.6) is 0 Å². The summed E-state index contributed by atoms with van der Waals surface area (Å²) in [6, 6.07) is 8.69. The molecule has 0 aliphatic carbocycles. The molecule has 1 radical (unpaired) electrons. The van der Waals surface area contributed by atoms with Crippen molar-refractivity contribution >= 4 is 0 Å². The molecule has 1 rings (SSSR count). The van der Waals surface area contributed by atoms with Crippen LogP contribution in [0.1, 0.15) is 38.3 Å². The summed E-state index contributed by atoms with van der Waals surface area (Å²) in [5, 5.41) is 0. The van der Waals surface area contributed by atoms with Gasteiger partial charge in [0.2, 0.25) is 0 Å². The van der Waals surface area contributed by atoms with Crippen molar-refractivity contribution in [3.8, 4) is 0 Å². The van der Waals surface area contributed by atoms with Crippen molar-refractivity contribution in [3.63, 3.8) is 0 Å². The van der Waals surface area contributed by atoms with Crippen LogP contribution in [0.25, 0.3) is 0 Å². The summed E-state index contributed by atoms with van der Waals surface area (Å²) >= 11 is 0. The zero-order valence-corrected chi connectivity index (χ0v) is 8.88. The third-order valence-electron chi connectivity index (χ3n) is 2.09. The molecule has 0 bridgehead atoms. The van der Waals surface area contributed by atoms with Crippen LogP contribution >= 0.6 is 0 Å². The van der Waals surface area contributed by atoms with Gasteiger partial charge in [-0.1, -0.05) is 51.5 Å². The highest BCUT2D eigenvalue weighted by Gasteiger charge is 2.02. The van der Waals surface area contributed by atoms with Gasteiger partial charge in [-0.05, 0) is 29.9 Å². The highest BCUT2D eigenvalue weighted by Crippen LogP contribution is 2.16. The quantitative estimate of drug-likeness (QED) is 0.652. The zero-order valence-electron chi connectivity index (χ0n) is 8.88. The fourth-order valence-corrected chi connectivity index (χ4v) is 1.55. The predicted molar refractivity (Wildman–Crippen MR) is 58.7 cm³/mol. The predicted octanol–water partition coefficient (Wildman–Crippen LogP) is 3.85. The molecule has 0 heteroatoms. The number of hydrogen-bond donors (Lipinski definition) is 0. The van der Waals surface area contributed by atoms with E-state index in [1.54, 1.807) is 0 Å². The Hall–Kier alpha value is -0.780. The Morgan fingerprint density at radius 1 is 1.23 bits per heavy atom. The molecule has 0 aromatic heterocycles. The van der Waals surface area contributed by atoms with Gasteiger partial charge in [0, 0.05) is 0 Å². The lowest BCUT2D eigenvalue weighted by molar-refractivity contribution is 0.769. The summed E-state index contributed by atoms with van der Waals surface area (Å²) in [7, 11) is 0. The van der Waals surface area contributed by atoms with Gasteiger partial charge in [-0.25, -0.2) is 0 Å². The number of hydrogen-bond acceptors (Lipinski definition) is 0. The first-order valence-electron chi connectivity index (χ1n) is 5.16. The molecule has 0 atom stereocenters.